The Labute approximate surface area is 175 Å². The van der Waals surface area contributed by atoms with Gasteiger partial charge in [0.15, 0.2) is 16.8 Å². The van der Waals surface area contributed by atoms with Gasteiger partial charge in [-0.2, -0.15) is 5.26 Å². The van der Waals surface area contributed by atoms with Gasteiger partial charge in [0.25, 0.3) is 0 Å². The normalized spacial score (nSPS) is 10.4. The van der Waals surface area contributed by atoms with E-state index in [1.807, 2.05) is 42.5 Å². The van der Waals surface area contributed by atoms with E-state index >= 15 is 0 Å². The van der Waals surface area contributed by atoms with Crippen molar-refractivity contribution in [3.63, 3.8) is 0 Å². The van der Waals surface area contributed by atoms with E-state index in [4.69, 9.17) is 0 Å². The van der Waals surface area contributed by atoms with Gasteiger partial charge in [-0.25, -0.2) is 9.97 Å². The minimum Gasteiger partial charge on any atom is -0.339 e. The third kappa shape index (κ3) is 5.21. The standard InChI is InChI=1S/C23H22N4OS/c1-3-4-14-29-23-26-21(18-8-6-5-7-9-18)20(15-24)22(27-23)25-19-12-10-17(11-13-19)16(2)28/h5-13H,3-4,14H2,1-2H3,(H,25,26,27). The maximum Gasteiger partial charge on any atom is 0.190 e. The van der Waals surface area contributed by atoms with Crippen LogP contribution in [-0.4, -0.2) is 21.5 Å². The van der Waals surface area contributed by atoms with Crippen LogP contribution in [0.4, 0.5) is 11.5 Å². The smallest absolute Gasteiger partial charge is 0.190 e. The summed E-state index contributed by atoms with van der Waals surface area (Å²) in [6.45, 7) is 3.68. The van der Waals surface area contributed by atoms with Crippen molar-refractivity contribution in [2.45, 2.75) is 31.8 Å². The Morgan fingerprint density at radius 1 is 1.10 bits per heavy atom. The molecule has 0 unspecified atom stereocenters. The topological polar surface area (TPSA) is 78.7 Å². The van der Waals surface area contributed by atoms with Crippen molar-refractivity contribution in [3.05, 3.63) is 65.7 Å². The number of nitriles is 1. The van der Waals surface area contributed by atoms with Crippen LogP contribution in [0.15, 0.2) is 59.8 Å². The molecule has 0 radical (unpaired) electrons. The average molecular weight is 403 g/mol. The number of rotatable bonds is 8. The molecule has 1 aromatic heterocycles. The van der Waals surface area contributed by atoms with Crippen molar-refractivity contribution in [1.29, 1.82) is 5.26 Å². The molecule has 29 heavy (non-hydrogen) atoms. The van der Waals surface area contributed by atoms with Crippen LogP contribution >= 0.6 is 11.8 Å². The highest BCUT2D eigenvalue weighted by Crippen LogP contribution is 2.30. The first kappa shape index (κ1) is 20.6. The molecule has 5 nitrogen and oxygen atoms in total. The molecule has 3 rings (SSSR count). The predicted octanol–water partition coefficient (Wildman–Crippen LogP) is 5.85. The highest BCUT2D eigenvalue weighted by Gasteiger charge is 2.16. The van der Waals surface area contributed by atoms with Crippen LogP contribution in [0.2, 0.25) is 0 Å². The number of hydrogen-bond donors (Lipinski definition) is 1. The highest BCUT2D eigenvalue weighted by atomic mass is 32.2. The summed E-state index contributed by atoms with van der Waals surface area (Å²) in [4.78, 5) is 20.8. The fraction of sp³-hybridized carbons (Fsp3) is 0.217. The Kier molecular flexibility index (Phi) is 6.99. The van der Waals surface area contributed by atoms with Crippen LogP contribution in [0.1, 0.15) is 42.6 Å². The van der Waals surface area contributed by atoms with Crippen molar-refractivity contribution in [1.82, 2.24) is 9.97 Å². The molecule has 1 N–H and O–H groups in total. The zero-order valence-corrected chi connectivity index (χ0v) is 17.3. The number of nitrogens with one attached hydrogen (secondary N) is 1. The summed E-state index contributed by atoms with van der Waals surface area (Å²) in [5.41, 5.74) is 3.28. The first-order valence-electron chi connectivity index (χ1n) is 9.50. The molecule has 0 atom stereocenters. The maximum atomic E-state index is 11.5. The quantitative estimate of drug-likeness (QED) is 0.220. The van der Waals surface area contributed by atoms with E-state index in [0.717, 1.165) is 29.8 Å². The second-order valence-corrected chi connectivity index (χ2v) is 7.58. The van der Waals surface area contributed by atoms with Gasteiger partial charge in [-0.05, 0) is 37.6 Å². The van der Waals surface area contributed by atoms with Gasteiger partial charge in [0.1, 0.15) is 11.6 Å². The molecule has 0 saturated heterocycles. The van der Waals surface area contributed by atoms with Crippen LogP contribution < -0.4 is 5.32 Å². The van der Waals surface area contributed by atoms with Crippen molar-refractivity contribution < 1.29 is 4.79 Å². The molecule has 0 spiro atoms. The number of nitrogens with zero attached hydrogens (tertiary/aromatic N) is 3. The van der Waals surface area contributed by atoms with E-state index in [0.29, 0.717) is 27.8 Å². The molecule has 0 aliphatic rings. The first-order valence-corrected chi connectivity index (χ1v) is 10.5. The summed E-state index contributed by atoms with van der Waals surface area (Å²) in [6, 6.07) is 19.1. The average Bonchev–Trinajstić information content (AvgIpc) is 2.74. The number of ketones is 1. The monoisotopic (exact) mass is 402 g/mol. The predicted molar refractivity (Wildman–Crippen MR) is 118 cm³/mol. The Morgan fingerprint density at radius 2 is 1.83 bits per heavy atom. The molecule has 3 aromatic rings. The molecule has 146 valence electrons. The summed E-state index contributed by atoms with van der Waals surface area (Å²) in [5.74, 6) is 1.40. The van der Waals surface area contributed by atoms with Crippen LogP contribution in [0.5, 0.6) is 0 Å². The van der Waals surface area contributed by atoms with Gasteiger partial charge in [0, 0.05) is 22.6 Å². The molecule has 0 aliphatic carbocycles. The minimum atomic E-state index is 0.0114. The number of aromatic nitrogens is 2. The van der Waals surface area contributed by atoms with E-state index in [9.17, 15) is 10.1 Å². The lowest BCUT2D eigenvalue weighted by atomic mass is 10.1. The molecule has 0 saturated carbocycles. The molecule has 0 fully saturated rings. The second kappa shape index (κ2) is 9.85. The fourth-order valence-corrected chi connectivity index (χ4v) is 3.67. The van der Waals surface area contributed by atoms with Gasteiger partial charge < -0.3 is 5.32 Å². The molecular weight excluding hydrogens is 380 g/mol. The molecule has 1 heterocycles. The highest BCUT2D eigenvalue weighted by molar-refractivity contribution is 7.99. The Balaban J connectivity index is 2.02. The number of thioether (sulfide) groups is 1. The van der Waals surface area contributed by atoms with Crippen molar-refractivity contribution in [2.24, 2.45) is 0 Å². The summed E-state index contributed by atoms with van der Waals surface area (Å²) < 4.78 is 0. The lowest BCUT2D eigenvalue weighted by Gasteiger charge is -2.13. The first-order chi connectivity index (χ1) is 14.1. The van der Waals surface area contributed by atoms with E-state index in [1.165, 1.54) is 6.92 Å². The molecule has 0 amide bonds. The van der Waals surface area contributed by atoms with Gasteiger partial charge in [-0.1, -0.05) is 55.4 Å². The molecule has 2 aromatic carbocycles. The van der Waals surface area contributed by atoms with Gasteiger partial charge in [0.05, 0.1) is 5.69 Å². The zero-order chi connectivity index (χ0) is 20.6. The van der Waals surface area contributed by atoms with Crippen molar-refractivity contribution in [2.75, 3.05) is 11.1 Å². The van der Waals surface area contributed by atoms with E-state index in [1.54, 1.807) is 23.9 Å². The molecule has 6 heteroatoms. The second-order valence-electron chi connectivity index (χ2n) is 6.52. The Bertz CT molecular complexity index is 1030. The largest absolute Gasteiger partial charge is 0.339 e. The number of Topliss-reactive ketones (excluding diaryl/α,β-unsaturated/α-hetero) is 1. The summed E-state index contributed by atoms with van der Waals surface area (Å²) in [5, 5.41) is 13.7. The lowest BCUT2D eigenvalue weighted by Crippen LogP contribution is -2.04. The molecule has 0 aliphatic heterocycles. The summed E-state index contributed by atoms with van der Waals surface area (Å²) >= 11 is 1.59. The number of hydrogen-bond acceptors (Lipinski definition) is 6. The summed E-state index contributed by atoms with van der Waals surface area (Å²) in [7, 11) is 0. The van der Waals surface area contributed by atoms with E-state index in [2.05, 4.69) is 28.3 Å². The minimum absolute atomic E-state index is 0.0114. The van der Waals surface area contributed by atoms with E-state index < -0.39 is 0 Å². The van der Waals surface area contributed by atoms with Crippen LogP contribution in [0.3, 0.4) is 0 Å². The lowest BCUT2D eigenvalue weighted by molar-refractivity contribution is 0.101. The zero-order valence-electron chi connectivity index (χ0n) is 16.5. The van der Waals surface area contributed by atoms with E-state index in [-0.39, 0.29) is 5.78 Å². The third-order valence-corrected chi connectivity index (χ3v) is 5.26. The van der Waals surface area contributed by atoms with Crippen molar-refractivity contribution in [3.8, 4) is 17.3 Å². The Morgan fingerprint density at radius 3 is 2.45 bits per heavy atom. The SMILES string of the molecule is CCCCSc1nc(Nc2ccc(C(C)=O)cc2)c(C#N)c(-c2ccccc2)n1. The fourth-order valence-electron chi connectivity index (χ4n) is 2.74. The number of anilines is 2. The Hall–Kier alpha value is -3.17. The number of carbonyl (C=O) groups excluding carboxylic acids is 1. The number of unbranched alkanes of at least 4 members (excludes halogenated alkanes) is 1. The van der Waals surface area contributed by atoms with Crippen LogP contribution in [-0.2, 0) is 0 Å². The molecular formula is C23H22N4OS. The van der Waals surface area contributed by atoms with Crippen molar-refractivity contribution >= 4 is 29.1 Å². The van der Waals surface area contributed by atoms with Gasteiger partial charge in [0.2, 0.25) is 0 Å². The van der Waals surface area contributed by atoms with Gasteiger partial charge >= 0.3 is 0 Å². The number of carbonyl (C=O) groups is 1. The van der Waals surface area contributed by atoms with Crippen LogP contribution in [0, 0.1) is 11.3 Å². The third-order valence-electron chi connectivity index (χ3n) is 4.33. The van der Waals surface area contributed by atoms with Gasteiger partial charge in [-0.3, -0.25) is 4.79 Å². The molecule has 0 bridgehead atoms. The summed E-state index contributed by atoms with van der Waals surface area (Å²) in [6.07, 6.45) is 2.17. The van der Waals surface area contributed by atoms with Gasteiger partial charge in [-0.15, -0.1) is 0 Å². The maximum absolute atomic E-state index is 11.5. The van der Waals surface area contributed by atoms with Crippen LogP contribution in [0.25, 0.3) is 11.3 Å². The number of benzene rings is 2.